The summed E-state index contributed by atoms with van der Waals surface area (Å²) in [6, 6.07) is 8.09. The standard InChI is InChI=1S/C16H25NO2/c1-2-3-4-7-14-9-11-15(12-10-14)17-16(19)8-5-6-13-18/h9-12,18H,2-8,13H2,1H3,(H,17,19). The Balaban J connectivity index is 2.32. The van der Waals surface area contributed by atoms with Crippen LogP contribution in [0.3, 0.4) is 0 Å². The van der Waals surface area contributed by atoms with E-state index in [2.05, 4.69) is 24.4 Å². The summed E-state index contributed by atoms with van der Waals surface area (Å²) in [7, 11) is 0. The molecule has 0 saturated heterocycles. The van der Waals surface area contributed by atoms with E-state index in [0.717, 1.165) is 18.5 Å². The number of hydrogen-bond acceptors (Lipinski definition) is 2. The number of anilines is 1. The minimum Gasteiger partial charge on any atom is -0.396 e. The van der Waals surface area contributed by atoms with Gasteiger partial charge in [0.15, 0.2) is 0 Å². The average Bonchev–Trinajstić information content (AvgIpc) is 2.41. The van der Waals surface area contributed by atoms with Crippen molar-refractivity contribution in [3.8, 4) is 0 Å². The molecule has 3 heteroatoms. The van der Waals surface area contributed by atoms with Gasteiger partial charge < -0.3 is 10.4 Å². The molecule has 1 amide bonds. The van der Waals surface area contributed by atoms with E-state index in [1.54, 1.807) is 0 Å². The molecular weight excluding hydrogens is 238 g/mol. The Hall–Kier alpha value is -1.35. The number of rotatable bonds is 9. The smallest absolute Gasteiger partial charge is 0.224 e. The second-order valence-electron chi connectivity index (χ2n) is 4.88. The van der Waals surface area contributed by atoms with Crippen molar-refractivity contribution in [2.45, 2.75) is 51.9 Å². The number of aliphatic hydroxyl groups is 1. The molecule has 0 aliphatic heterocycles. The molecule has 0 fully saturated rings. The third kappa shape index (κ3) is 6.97. The van der Waals surface area contributed by atoms with Gasteiger partial charge in [-0.1, -0.05) is 31.9 Å². The van der Waals surface area contributed by atoms with Gasteiger partial charge in [0.2, 0.25) is 5.91 Å². The first-order valence-corrected chi connectivity index (χ1v) is 7.26. The van der Waals surface area contributed by atoms with Crippen molar-refractivity contribution in [2.75, 3.05) is 11.9 Å². The van der Waals surface area contributed by atoms with Crippen LogP contribution in [0.5, 0.6) is 0 Å². The zero-order chi connectivity index (χ0) is 13.9. The fraction of sp³-hybridized carbons (Fsp3) is 0.562. The highest BCUT2D eigenvalue weighted by atomic mass is 16.2. The Morgan fingerprint density at radius 2 is 1.84 bits per heavy atom. The van der Waals surface area contributed by atoms with Crippen LogP contribution in [0.4, 0.5) is 5.69 Å². The molecule has 0 heterocycles. The summed E-state index contributed by atoms with van der Waals surface area (Å²) in [4.78, 5) is 11.6. The highest BCUT2D eigenvalue weighted by Crippen LogP contribution is 2.13. The highest BCUT2D eigenvalue weighted by Gasteiger charge is 2.02. The predicted molar refractivity (Wildman–Crippen MR) is 79.2 cm³/mol. The lowest BCUT2D eigenvalue weighted by Crippen LogP contribution is -2.11. The van der Waals surface area contributed by atoms with Crippen molar-refractivity contribution in [3.05, 3.63) is 29.8 Å². The zero-order valence-corrected chi connectivity index (χ0v) is 11.8. The predicted octanol–water partition coefficient (Wildman–Crippen LogP) is 3.52. The molecule has 0 radical (unpaired) electrons. The number of benzene rings is 1. The quantitative estimate of drug-likeness (QED) is 0.670. The van der Waals surface area contributed by atoms with Gasteiger partial charge in [-0.05, 0) is 43.4 Å². The Kier molecular flexibility index (Phi) is 7.91. The third-order valence-electron chi connectivity index (χ3n) is 3.12. The summed E-state index contributed by atoms with van der Waals surface area (Å²) in [5.74, 6) is 0.0205. The Morgan fingerprint density at radius 1 is 1.11 bits per heavy atom. The van der Waals surface area contributed by atoms with Gasteiger partial charge in [-0.25, -0.2) is 0 Å². The number of nitrogens with one attached hydrogen (secondary N) is 1. The van der Waals surface area contributed by atoms with E-state index in [9.17, 15) is 4.79 Å². The summed E-state index contributed by atoms with van der Waals surface area (Å²) in [6.07, 6.45) is 6.73. The molecular formula is C16H25NO2. The first-order chi connectivity index (χ1) is 9.26. The van der Waals surface area contributed by atoms with Gasteiger partial charge in [0.05, 0.1) is 0 Å². The van der Waals surface area contributed by atoms with Crippen LogP contribution < -0.4 is 5.32 Å². The summed E-state index contributed by atoms with van der Waals surface area (Å²) in [5.41, 5.74) is 2.18. The monoisotopic (exact) mass is 263 g/mol. The zero-order valence-electron chi connectivity index (χ0n) is 11.8. The van der Waals surface area contributed by atoms with Crippen molar-refractivity contribution >= 4 is 11.6 Å². The molecule has 1 aromatic rings. The summed E-state index contributed by atoms with van der Waals surface area (Å²) in [6.45, 7) is 2.36. The van der Waals surface area contributed by atoms with Crippen LogP contribution >= 0.6 is 0 Å². The molecule has 0 spiro atoms. The first-order valence-electron chi connectivity index (χ1n) is 7.26. The maximum Gasteiger partial charge on any atom is 0.224 e. The minimum absolute atomic E-state index is 0.0205. The van der Waals surface area contributed by atoms with E-state index in [4.69, 9.17) is 5.11 Å². The fourth-order valence-corrected chi connectivity index (χ4v) is 1.95. The normalized spacial score (nSPS) is 10.4. The largest absolute Gasteiger partial charge is 0.396 e. The van der Waals surface area contributed by atoms with Gasteiger partial charge >= 0.3 is 0 Å². The van der Waals surface area contributed by atoms with E-state index >= 15 is 0 Å². The molecule has 0 bridgehead atoms. The van der Waals surface area contributed by atoms with E-state index in [0.29, 0.717) is 12.8 Å². The minimum atomic E-state index is 0.0205. The van der Waals surface area contributed by atoms with Crippen molar-refractivity contribution < 1.29 is 9.90 Å². The van der Waals surface area contributed by atoms with Crippen molar-refractivity contribution in [1.29, 1.82) is 0 Å². The molecule has 0 aliphatic rings. The van der Waals surface area contributed by atoms with E-state index in [1.165, 1.54) is 24.8 Å². The van der Waals surface area contributed by atoms with Crippen LogP contribution in [0.2, 0.25) is 0 Å². The number of carbonyl (C=O) groups is 1. The average molecular weight is 263 g/mol. The number of aliphatic hydroxyl groups excluding tert-OH is 1. The van der Waals surface area contributed by atoms with Crippen molar-refractivity contribution in [2.24, 2.45) is 0 Å². The van der Waals surface area contributed by atoms with Crippen LogP contribution in [0, 0.1) is 0 Å². The molecule has 2 N–H and O–H groups in total. The second kappa shape index (κ2) is 9.56. The fourth-order valence-electron chi connectivity index (χ4n) is 1.95. The van der Waals surface area contributed by atoms with Crippen molar-refractivity contribution in [1.82, 2.24) is 0 Å². The van der Waals surface area contributed by atoms with Gasteiger partial charge in [-0.3, -0.25) is 4.79 Å². The van der Waals surface area contributed by atoms with E-state index in [-0.39, 0.29) is 12.5 Å². The molecule has 19 heavy (non-hydrogen) atoms. The number of unbranched alkanes of at least 4 members (excludes halogenated alkanes) is 3. The third-order valence-corrected chi connectivity index (χ3v) is 3.12. The van der Waals surface area contributed by atoms with Crippen LogP contribution in [0.15, 0.2) is 24.3 Å². The van der Waals surface area contributed by atoms with Gasteiger partial charge in [0.1, 0.15) is 0 Å². The summed E-state index contributed by atoms with van der Waals surface area (Å²) in [5, 5.41) is 11.5. The Bertz CT molecular complexity index is 360. The molecule has 0 aliphatic carbocycles. The Labute approximate surface area is 116 Å². The van der Waals surface area contributed by atoms with Crippen LogP contribution in [0.25, 0.3) is 0 Å². The molecule has 106 valence electrons. The number of aryl methyl sites for hydroxylation is 1. The van der Waals surface area contributed by atoms with Crippen LogP contribution in [-0.2, 0) is 11.2 Å². The van der Waals surface area contributed by atoms with Crippen molar-refractivity contribution in [3.63, 3.8) is 0 Å². The molecule has 0 saturated carbocycles. The lowest BCUT2D eigenvalue weighted by Gasteiger charge is -2.06. The maximum absolute atomic E-state index is 11.6. The number of amides is 1. The number of carbonyl (C=O) groups excluding carboxylic acids is 1. The Morgan fingerprint density at radius 3 is 2.47 bits per heavy atom. The molecule has 3 nitrogen and oxygen atoms in total. The van der Waals surface area contributed by atoms with Crippen LogP contribution in [0.1, 0.15) is 51.0 Å². The SMILES string of the molecule is CCCCCc1ccc(NC(=O)CCCCO)cc1. The lowest BCUT2D eigenvalue weighted by molar-refractivity contribution is -0.116. The van der Waals surface area contributed by atoms with Gasteiger partial charge in [0, 0.05) is 18.7 Å². The molecule has 1 rings (SSSR count). The maximum atomic E-state index is 11.6. The summed E-state index contributed by atoms with van der Waals surface area (Å²) < 4.78 is 0. The molecule has 0 aromatic heterocycles. The van der Waals surface area contributed by atoms with Crippen LogP contribution in [-0.4, -0.2) is 17.6 Å². The number of hydrogen-bond donors (Lipinski definition) is 2. The first kappa shape index (κ1) is 15.7. The van der Waals surface area contributed by atoms with E-state index < -0.39 is 0 Å². The van der Waals surface area contributed by atoms with Gasteiger partial charge in [-0.15, -0.1) is 0 Å². The molecule has 0 atom stereocenters. The lowest BCUT2D eigenvalue weighted by atomic mass is 10.1. The second-order valence-corrected chi connectivity index (χ2v) is 4.88. The summed E-state index contributed by atoms with van der Waals surface area (Å²) >= 11 is 0. The topological polar surface area (TPSA) is 49.3 Å². The molecule has 0 unspecified atom stereocenters. The van der Waals surface area contributed by atoms with Gasteiger partial charge in [0.25, 0.3) is 0 Å². The highest BCUT2D eigenvalue weighted by molar-refractivity contribution is 5.90. The van der Waals surface area contributed by atoms with E-state index in [1.807, 2.05) is 12.1 Å². The molecule has 1 aromatic carbocycles. The van der Waals surface area contributed by atoms with Gasteiger partial charge in [-0.2, -0.15) is 0 Å².